The Morgan fingerprint density at radius 3 is 2.45 bits per heavy atom. The summed E-state index contributed by atoms with van der Waals surface area (Å²) >= 11 is 5.99. The Kier molecular flexibility index (Phi) is 7.67. The van der Waals surface area contributed by atoms with E-state index in [2.05, 4.69) is 22.3 Å². The molecule has 0 bridgehead atoms. The summed E-state index contributed by atoms with van der Waals surface area (Å²) in [4.78, 5) is 2.80. The standard InChI is InChI=1S/C17H25ClN2.CH4O/c18-15-6-4-14(5-7-15)13-17-3-1-2-12-20(17)16-8-10-19-11-9-16;1-2/h4-7,16-17,19H,1-3,8-13H2;2H,1H3/t17-;/m1./s1. The zero-order chi connectivity index (χ0) is 15.8. The Balaban J connectivity index is 0.000000847. The third-order valence-electron chi connectivity index (χ3n) is 4.83. The molecule has 22 heavy (non-hydrogen) atoms. The minimum atomic E-state index is 0.730. The van der Waals surface area contributed by atoms with Crippen molar-refractivity contribution in [2.75, 3.05) is 26.7 Å². The van der Waals surface area contributed by atoms with E-state index in [1.54, 1.807) is 0 Å². The fourth-order valence-electron chi connectivity index (χ4n) is 3.75. The van der Waals surface area contributed by atoms with E-state index in [0.717, 1.165) is 24.2 Å². The first kappa shape index (κ1) is 17.7. The van der Waals surface area contributed by atoms with Crippen molar-refractivity contribution in [1.29, 1.82) is 0 Å². The summed E-state index contributed by atoms with van der Waals surface area (Å²) in [6.45, 7) is 3.67. The summed E-state index contributed by atoms with van der Waals surface area (Å²) in [5.74, 6) is 0. The van der Waals surface area contributed by atoms with Crippen LogP contribution < -0.4 is 5.32 Å². The number of nitrogens with zero attached hydrogens (tertiary/aromatic N) is 1. The second kappa shape index (κ2) is 9.51. The maximum Gasteiger partial charge on any atom is 0.0406 e. The summed E-state index contributed by atoms with van der Waals surface area (Å²) in [6.07, 6.45) is 7.93. The third-order valence-corrected chi connectivity index (χ3v) is 5.09. The first-order valence-corrected chi connectivity index (χ1v) is 8.86. The van der Waals surface area contributed by atoms with Gasteiger partial charge in [-0.2, -0.15) is 0 Å². The highest BCUT2D eigenvalue weighted by atomic mass is 35.5. The number of rotatable bonds is 3. The largest absolute Gasteiger partial charge is 0.400 e. The molecule has 3 rings (SSSR count). The van der Waals surface area contributed by atoms with Gasteiger partial charge in [-0.3, -0.25) is 4.90 Å². The number of hydrogen-bond acceptors (Lipinski definition) is 3. The summed E-state index contributed by atoms with van der Waals surface area (Å²) < 4.78 is 0. The van der Waals surface area contributed by atoms with Crippen molar-refractivity contribution < 1.29 is 5.11 Å². The average Bonchev–Trinajstić information content (AvgIpc) is 2.60. The molecule has 0 saturated carbocycles. The zero-order valence-electron chi connectivity index (χ0n) is 13.6. The molecule has 4 heteroatoms. The number of benzene rings is 1. The number of hydrogen-bond donors (Lipinski definition) is 2. The van der Waals surface area contributed by atoms with Crippen LogP contribution >= 0.6 is 11.6 Å². The molecule has 124 valence electrons. The minimum Gasteiger partial charge on any atom is -0.400 e. The number of likely N-dealkylation sites (tertiary alicyclic amines) is 1. The highest BCUT2D eigenvalue weighted by molar-refractivity contribution is 6.30. The number of aliphatic hydroxyl groups is 1. The van der Waals surface area contributed by atoms with Gasteiger partial charge in [0.1, 0.15) is 0 Å². The van der Waals surface area contributed by atoms with Gasteiger partial charge in [0.25, 0.3) is 0 Å². The van der Waals surface area contributed by atoms with Gasteiger partial charge in [-0.15, -0.1) is 0 Å². The lowest BCUT2D eigenvalue weighted by Gasteiger charge is -2.43. The molecule has 2 heterocycles. The zero-order valence-corrected chi connectivity index (χ0v) is 14.4. The van der Waals surface area contributed by atoms with Crippen molar-refractivity contribution in [1.82, 2.24) is 10.2 Å². The first-order chi connectivity index (χ1) is 10.8. The molecule has 0 aliphatic carbocycles. The van der Waals surface area contributed by atoms with Gasteiger partial charge in [0.05, 0.1) is 0 Å². The van der Waals surface area contributed by atoms with Gasteiger partial charge in [0, 0.05) is 24.2 Å². The fraction of sp³-hybridized carbons (Fsp3) is 0.667. The monoisotopic (exact) mass is 324 g/mol. The molecule has 2 aliphatic heterocycles. The maximum atomic E-state index is 7.00. The third kappa shape index (κ3) is 4.95. The minimum absolute atomic E-state index is 0.730. The van der Waals surface area contributed by atoms with Crippen LogP contribution in [0.15, 0.2) is 24.3 Å². The lowest BCUT2D eigenvalue weighted by atomic mass is 9.91. The van der Waals surface area contributed by atoms with Crippen molar-refractivity contribution in [3.8, 4) is 0 Å². The Labute approximate surface area is 139 Å². The van der Waals surface area contributed by atoms with Crippen molar-refractivity contribution >= 4 is 11.6 Å². The molecule has 0 aromatic heterocycles. The van der Waals surface area contributed by atoms with Crippen LogP contribution in [0.3, 0.4) is 0 Å². The summed E-state index contributed by atoms with van der Waals surface area (Å²) in [5.41, 5.74) is 1.43. The van der Waals surface area contributed by atoms with Gasteiger partial charge >= 0.3 is 0 Å². The van der Waals surface area contributed by atoms with Crippen LogP contribution in [0.4, 0.5) is 0 Å². The van der Waals surface area contributed by atoms with Gasteiger partial charge in [-0.1, -0.05) is 30.2 Å². The summed E-state index contributed by atoms with van der Waals surface area (Å²) in [6, 6.07) is 9.96. The van der Waals surface area contributed by atoms with Crippen molar-refractivity contribution in [3.05, 3.63) is 34.9 Å². The number of halogens is 1. The maximum absolute atomic E-state index is 7.00. The van der Waals surface area contributed by atoms with Crippen LogP contribution in [0.2, 0.25) is 5.02 Å². The topological polar surface area (TPSA) is 35.5 Å². The molecular formula is C18H29ClN2O. The van der Waals surface area contributed by atoms with E-state index in [0.29, 0.717) is 0 Å². The molecule has 0 spiro atoms. The van der Waals surface area contributed by atoms with Crippen LogP contribution in [0, 0.1) is 0 Å². The van der Waals surface area contributed by atoms with Crippen LogP contribution in [0.1, 0.15) is 37.7 Å². The molecular weight excluding hydrogens is 296 g/mol. The molecule has 0 unspecified atom stereocenters. The van der Waals surface area contributed by atoms with Crippen molar-refractivity contribution in [3.63, 3.8) is 0 Å². The van der Waals surface area contributed by atoms with Gasteiger partial charge < -0.3 is 10.4 Å². The quantitative estimate of drug-likeness (QED) is 0.897. The molecule has 2 saturated heterocycles. The van der Waals surface area contributed by atoms with E-state index in [4.69, 9.17) is 16.7 Å². The Hall–Kier alpha value is -0.610. The molecule has 2 N–H and O–H groups in total. The Morgan fingerprint density at radius 1 is 1.09 bits per heavy atom. The Morgan fingerprint density at radius 2 is 1.77 bits per heavy atom. The average molecular weight is 325 g/mol. The van der Waals surface area contributed by atoms with E-state index in [1.165, 1.54) is 63.7 Å². The number of piperidine rings is 2. The molecule has 3 nitrogen and oxygen atoms in total. The van der Waals surface area contributed by atoms with Gasteiger partial charge in [0.2, 0.25) is 0 Å². The summed E-state index contributed by atoms with van der Waals surface area (Å²) in [5, 5.41) is 11.3. The molecule has 1 aromatic rings. The SMILES string of the molecule is CO.Clc1ccc(C[C@H]2CCCCN2C2CCNCC2)cc1. The lowest BCUT2D eigenvalue weighted by Crippen LogP contribution is -2.50. The van der Waals surface area contributed by atoms with E-state index in [9.17, 15) is 0 Å². The normalized spacial score (nSPS) is 23.7. The fourth-order valence-corrected chi connectivity index (χ4v) is 3.88. The van der Waals surface area contributed by atoms with E-state index >= 15 is 0 Å². The highest BCUT2D eigenvalue weighted by Crippen LogP contribution is 2.26. The molecule has 0 amide bonds. The first-order valence-electron chi connectivity index (χ1n) is 8.48. The van der Waals surface area contributed by atoms with Crippen molar-refractivity contribution in [2.24, 2.45) is 0 Å². The summed E-state index contributed by atoms with van der Waals surface area (Å²) in [7, 11) is 1.00. The molecule has 0 radical (unpaired) electrons. The Bertz CT molecular complexity index is 418. The van der Waals surface area contributed by atoms with E-state index in [1.807, 2.05) is 12.1 Å². The second-order valence-corrected chi connectivity index (χ2v) is 6.64. The second-order valence-electron chi connectivity index (χ2n) is 6.20. The van der Waals surface area contributed by atoms with Crippen LogP contribution in [-0.2, 0) is 6.42 Å². The number of nitrogens with one attached hydrogen (secondary N) is 1. The molecule has 1 aromatic carbocycles. The predicted molar refractivity (Wildman–Crippen MR) is 93.5 cm³/mol. The predicted octanol–water partition coefficient (Wildman–Crippen LogP) is 3.10. The number of aliphatic hydroxyl groups excluding tert-OH is 1. The van der Waals surface area contributed by atoms with Crippen LogP contribution in [0.5, 0.6) is 0 Å². The van der Waals surface area contributed by atoms with Crippen LogP contribution in [0.25, 0.3) is 0 Å². The van der Waals surface area contributed by atoms with E-state index < -0.39 is 0 Å². The smallest absolute Gasteiger partial charge is 0.0406 e. The van der Waals surface area contributed by atoms with Crippen LogP contribution in [-0.4, -0.2) is 48.8 Å². The van der Waals surface area contributed by atoms with Crippen molar-refractivity contribution in [2.45, 2.75) is 50.6 Å². The molecule has 1 atom stereocenters. The highest BCUT2D eigenvalue weighted by Gasteiger charge is 2.29. The van der Waals surface area contributed by atoms with Gasteiger partial charge in [0.15, 0.2) is 0 Å². The van der Waals surface area contributed by atoms with E-state index in [-0.39, 0.29) is 0 Å². The van der Waals surface area contributed by atoms with Gasteiger partial charge in [-0.25, -0.2) is 0 Å². The molecule has 2 aliphatic rings. The van der Waals surface area contributed by atoms with Gasteiger partial charge in [-0.05, 0) is 69.4 Å². The molecule has 2 fully saturated rings. The lowest BCUT2D eigenvalue weighted by molar-refractivity contribution is 0.0763.